The van der Waals surface area contributed by atoms with Crippen LogP contribution < -0.4 is 15.4 Å². The lowest BCUT2D eigenvalue weighted by molar-refractivity contribution is -0.137. The maximum Gasteiger partial charge on any atom is 0.419 e. The van der Waals surface area contributed by atoms with Gasteiger partial charge in [-0.25, -0.2) is 17.8 Å². The summed E-state index contributed by atoms with van der Waals surface area (Å²) in [6.45, 7) is 1.47. The largest absolute Gasteiger partial charge is 0.419 e. The van der Waals surface area contributed by atoms with E-state index in [1.807, 2.05) is 0 Å². The molecule has 1 amide bonds. The van der Waals surface area contributed by atoms with Crippen LogP contribution in [0.1, 0.15) is 21.5 Å². The molecule has 3 aromatic rings. The normalized spacial score (nSPS) is 11.7. The number of alkyl halides is 3. The molecule has 180 valence electrons. The summed E-state index contributed by atoms with van der Waals surface area (Å²) in [5, 5.41) is 5.09. The number of carbonyl (C=O) groups excluding carboxylic acids is 1. The van der Waals surface area contributed by atoms with E-state index in [2.05, 4.69) is 20.3 Å². The number of sulfonamides is 1. The Balaban J connectivity index is 1.55. The van der Waals surface area contributed by atoms with Crippen LogP contribution in [-0.4, -0.2) is 32.4 Å². The number of aromatic nitrogens is 1. The topological polar surface area (TPSA) is 100 Å². The molecule has 0 fully saturated rings. The van der Waals surface area contributed by atoms with E-state index in [1.165, 1.54) is 49.5 Å². The van der Waals surface area contributed by atoms with Gasteiger partial charge in [0.2, 0.25) is 0 Å². The minimum absolute atomic E-state index is 0.000796. The fourth-order valence-corrected chi connectivity index (χ4v) is 4.07. The number of pyridine rings is 1. The molecule has 12 heteroatoms. The molecule has 0 aliphatic rings. The van der Waals surface area contributed by atoms with Crippen LogP contribution in [0.4, 0.5) is 29.1 Å². The van der Waals surface area contributed by atoms with Gasteiger partial charge in [-0.05, 0) is 67.1 Å². The predicted octanol–water partition coefficient (Wildman–Crippen LogP) is 4.19. The van der Waals surface area contributed by atoms with Gasteiger partial charge in [0.15, 0.2) is 0 Å². The molecule has 1 heterocycles. The highest BCUT2D eigenvalue weighted by Crippen LogP contribution is 2.33. The summed E-state index contributed by atoms with van der Waals surface area (Å²) < 4.78 is 79.6. The quantitative estimate of drug-likeness (QED) is 0.321. The van der Waals surface area contributed by atoms with E-state index in [0.29, 0.717) is 0 Å². The molecule has 0 unspecified atom stereocenters. The van der Waals surface area contributed by atoms with Crippen LogP contribution in [0.5, 0.6) is 0 Å². The molecule has 0 saturated heterocycles. The van der Waals surface area contributed by atoms with Crippen LogP contribution in [0.25, 0.3) is 0 Å². The van der Waals surface area contributed by atoms with E-state index in [-0.39, 0.29) is 40.6 Å². The summed E-state index contributed by atoms with van der Waals surface area (Å²) in [6.07, 6.45) is -3.33. The van der Waals surface area contributed by atoms with Gasteiger partial charge in [-0.3, -0.25) is 9.52 Å². The van der Waals surface area contributed by atoms with Crippen LogP contribution in [-0.2, 0) is 16.2 Å². The highest BCUT2D eigenvalue weighted by Gasteiger charge is 2.33. The van der Waals surface area contributed by atoms with Crippen LogP contribution in [0.3, 0.4) is 0 Å². The second-order valence-corrected chi connectivity index (χ2v) is 8.86. The van der Waals surface area contributed by atoms with Crippen molar-refractivity contribution in [1.82, 2.24) is 10.3 Å². The van der Waals surface area contributed by atoms with Crippen molar-refractivity contribution in [1.29, 1.82) is 0 Å². The average molecular weight is 496 g/mol. The van der Waals surface area contributed by atoms with Crippen molar-refractivity contribution in [3.8, 4) is 0 Å². The van der Waals surface area contributed by atoms with E-state index >= 15 is 0 Å². The molecule has 0 aliphatic heterocycles. The van der Waals surface area contributed by atoms with Gasteiger partial charge >= 0.3 is 6.18 Å². The second kappa shape index (κ2) is 10.1. The molecule has 0 radical (unpaired) electrons. The fraction of sp³-hybridized carbons (Fsp3) is 0.182. The molecule has 0 saturated carbocycles. The third-order valence-electron chi connectivity index (χ3n) is 4.66. The predicted molar refractivity (Wildman–Crippen MR) is 118 cm³/mol. The lowest BCUT2D eigenvalue weighted by atomic mass is 10.2. The second-order valence-electron chi connectivity index (χ2n) is 7.17. The van der Waals surface area contributed by atoms with E-state index in [1.54, 1.807) is 0 Å². The number of rotatable bonds is 8. The van der Waals surface area contributed by atoms with Gasteiger partial charge < -0.3 is 10.6 Å². The zero-order valence-electron chi connectivity index (χ0n) is 17.8. The molecule has 0 spiro atoms. The lowest BCUT2D eigenvalue weighted by Crippen LogP contribution is -2.29. The van der Waals surface area contributed by atoms with Gasteiger partial charge in [0.25, 0.3) is 15.9 Å². The number of halogens is 4. The van der Waals surface area contributed by atoms with Crippen LogP contribution in [0.2, 0.25) is 0 Å². The number of nitrogens with one attached hydrogen (secondary N) is 3. The van der Waals surface area contributed by atoms with Crippen molar-refractivity contribution < 1.29 is 30.8 Å². The van der Waals surface area contributed by atoms with Crippen molar-refractivity contribution in [2.75, 3.05) is 23.1 Å². The van der Waals surface area contributed by atoms with Crippen molar-refractivity contribution in [3.63, 3.8) is 0 Å². The smallest absolute Gasteiger partial charge is 0.368 e. The fourth-order valence-electron chi connectivity index (χ4n) is 2.92. The number of benzene rings is 2. The molecule has 0 bridgehead atoms. The molecule has 3 rings (SSSR count). The maximum absolute atomic E-state index is 13.4. The minimum atomic E-state index is -4.56. The summed E-state index contributed by atoms with van der Waals surface area (Å²) in [7, 11) is -3.96. The Bertz CT molecular complexity index is 1280. The van der Waals surface area contributed by atoms with Crippen molar-refractivity contribution >= 4 is 27.4 Å². The molecule has 2 aromatic carbocycles. The highest BCUT2D eigenvalue weighted by atomic mass is 32.2. The summed E-state index contributed by atoms with van der Waals surface area (Å²) in [5.41, 5.74) is -0.318. The van der Waals surface area contributed by atoms with Crippen molar-refractivity contribution in [2.24, 2.45) is 0 Å². The molecule has 0 aliphatic carbocycles. The first-order valence-electron chi connectivity index (χ1n) is 9.91. The summed E-state index contributed by atoms with van der Waals surface area (Å²) in [6, 6.07) is 11.0. The number of amides is 1. The number of hydrogen-bond donors (Lipinski definition) is 3. The van der Waals surface area contributed by atoms with Gasteiger partial charge in [-0.1, -0.05) is 0 Å². The number of hydrogen-bond acceptors (Lipinski definition) is 5. The average Bonchev–Trinajstić information content (AvgIpc) is 2.78. The van der Waals surface area contributed by atoms with E-state index in [0.717, 1.165) is 18.2 Å². The molecule has 34 heavy (non-hydrogen) atoms. The van der Waals surface area contributed by atoms with Crippen LogP contribution in [0, 0.1) is 12.7 Å². The van der Waals surface area contributed by atoms with Gasteiger partial charge in [0.1, 0.15) is 11.6 Å². The third kappa shape index (κ3) is 6.22. The van der Waals surface area contributed by atoms with Crippen molar-refractivity contribution in [2.45, 2.75) is 18.0 Å². The summed E-state index contributed by atoms with van der Waals surface area (Å²) >= 11 is 0. The number of anilines is 2. The Morgan fingerprint density at radius 3 is 2.38 bits per heavy atom. The van der Waals surface area contributed by atoms with Crippen LogP contribution in [0.15, 0.2) is 65.7 Å². The monoisotopic (exact) mass is 496 g/mol. The Kier molecular flexibility index (Phi) is 7.40. The molecular weight excluding hydrogens is 476 g/mol. The first-order chi connectivity index (χ1) is 16.0. The number of aryl methyl sites for hydroxylation is 1. The first-order valence-corrected chi connectivity index (χ1v) is 11.4. The maximum atomic E-state index is 13.4. The Hall–Kier alpha value is -3.67. The van der Waals surface area contributed by atoms with Crippen molar-refractivity contribution in [3.05, 3.63) is 83.3 Å². The van der Waals surface area contributed by atoms with Gasteiger partial charge in [-0.2, -0.15) is 13.2 Å². The Morgan fingerprint density at radius 1 is 1.03 bits per heavy atom. The molecular formula is C22H20F4N4O3S. The number of nitrogens with zero attached hydrogens (tertiary/aromatic N) is 1. The highest BCUT2D eigenvalue weighted by molar-refractivity contribution is 7.92. The molecule has 1 aromatic heterocycles. The lowest BCUT2D eigenvalue weighted by Gasteiger charge is -2.13. The van der Waals surface area contributed by atoms with E-state index < -0.39 is 33.5 Å². The molecule has 7 nitrogen and oxygen atoms in total. The SMILES string of the molecule is Cc1cc(S(=O)(=O)Nc2ccc(C(=O)NCCNc3ncccc3C(F)(F)F)cc2)ccc1F. The zero-order valence-corrected chi connectivity index (χ0v) is 18.6. The standard InChI is InChI=1S/C22H20F4N4O3S/c1-14-13-17(8-9-19(14)23)34(32,33)30-16-6-4-15(5-7-16)21(31)29-12-11-28-20-18(22(24,25)26)3-2-10-27-20/h2-10,13,30H,11-12H2,1H3,(H,27,28)(H,29,31). The Labute approximate surface area is 193 Å². The van der Waals surface area contributed by atoms with Crippen LogP contribution >= 0.6 is 0 Å². The summed E-state index contributed by atoms with van der Waals surface area (Å²) in [5.74, 6) is -1.36. The summed E-state index contributed by atoms with van der Waals surface area (Å²) in [4.78, 5) is 15.8. The zero-order chi connectivity index (χ0) is 24.9. The molecule has 0 atom stereocenters. The van der Waals surface area contributed by atoms with Gasteiger partial charge in [0.05, 0.1) is 10.5 Å². The Morgan fingerprint density at radius 2 is 1.74 bits per heavy atom. The van der Waals surface area contributed by atoms with Gasteiger partial charge in [-0.15, -0.1) is 0 Å². The van der Waals surface area contributed by atoms with Gasteiger partial charge in [0, 0.05) is 30.5 Å². The first kappa shape index (κ1) is 25.0. The minimum Gasteiger partial charge on any atom is -0.368 e. The molecule has 3 N–H and O–H groups in total. The third-order valence-corrected chi connectivity index (χ3v) is 6.03. The number of carbonyl (C=O) groups is 1. The van der Waals surface area contributed by atoms with E-state index in [4.69, 9.17) is 0 Å². The van der Waals surface area contributed by atoms with E-state index in [9.17, 15) is 30.8 Å².